The zero-order chi connectivity index (χ0) is 22.2. The quantitative estimate of drug-likeness (QED) is 0.393. The van der Waals surface area contributed by atoms with E-state index >= 15 is 0 Å². The molecule has 0 spiro atoms. The van der Waals surface area contributed by atoms with E-state index in [-0.39, 0.29) is 12.5 Å². The molecule has 0 saturated carbocycles. The fourth-order valence-corrected chi connectivity index (χ4v) is 3.27. The fourth-order valence-electron chi connectivity index (χ4n) is 2.91. The number of amides is 1. The molecule has 0 fully saturated rings. The van der Waals surface area contributed by atoms with Gasteiger partial charge in [0.15, 0.2) is 18.1 Å². The van der Waals surface area contributed by atoms with Gasteiger partial charge in [-0.25, -0.2) is 0 Å². The molecular weight excluding hydrogens is 435 g/mol. The molecule has 0 aliphatic carbocycles. The van der Waals surface area contributed by atoms with Gasteiger partial charge in [-0.15, -0.1) is 0 Å². The van der Waals surface area contributed by atoms with E-state index in [1.54, 1.807) is 18.2 Å². The Balaban J connectivity index is 1.62. The van der Waals surface area contributed by atoms with E-state index in [1.807, 2.05) is 56.3 Å². The van der Waals surface area contributed by atoms with Crippen LogP contribution in [0.2, 0.25) is 10.0 Å². The van der Waals surface area contributed by atoms with Crippen molar-refractivity contribution in [1.82, 2.24) is 0 Å². The van der Waals surface area contributed by atoms with E-state index in [2.05, 4.69) is 10.6 Å². The summed E-state index contributed by atoms with van der Waals surface area (Å²) in [4.78, 5) is 12.3. The first kappa shape index (κ1) is 22.8. The molecule has 0 saturated heterocycles. The SMILES string of the molecule is CCOc1cc(CNc2cccc(Cl)c2)ccc1OCC(=O)Nc1cc(Cl)ccc1C. The molecule has 0 radical (unpaired) electrons. The van der Waals surface area contributed by atoms with Crippen LogP contribution in [-0.4, -0.2) is 19.1 Å². The van der Waals surface area contributed by atoms with Crippen LogP contribution in [0.4, 0.5) is 11.4 Å². The van der Waals surface area contributed by atoms with Gasteiger partial charge < -0.3 is 20.1 Å². The van der Waals surface area contributed by atoms with Gasteiger partial charge in [0.25, 0.3) is 5.91 Å². The molecule has 0 unspecified atom stereocenters. The summed E-state index contributed by atoms with van der Waals surface area (Å²) in [6.07, 6.45) is 0. The van der Waals surface area contributed by atoms with Crippen molar-refractivity contribution in [2.45, 2.75) is 20.4 Å². The Morgan fingerprint density at radius 1 is 0.935 bits per heavy atom. The minimum atomic E-state index is -0.278. The lowest BCUT2D eigenvalue weighted by molar-refractivity contribution is -0.118. The van der Waals surface area contributed by atoms with Crippen molar-refractivity contribution >= 4 is 40.5 Å². The summed E-state index contributed by atoms with van der Waals surface area (Å²) in [5, 5.41) is 7.37. The van der Waals surface area contributed by atoms with Crippen LogP contribution in [0, 0.1) is 6.92 Å². The molecule has 0 aliphatic rings. The van der Waals surface area contributed by atoms with Crippen LogP contribution in [0.25, 0.3) is 0 Å². The van der Waals surface area contributed by atoms with Gasteiger partial charge in [-0.05, 0) is 67.4 Å². The minimum Gasteiger partial charge on any atom is -0.490 e. The Bertz CT molecular complexity index is 1060. The van der Waals surface area contributed by atoms with Crippen molar-refractivity contribution in [3.8, 4) is 11.5 Å². The summed E-state index contributed by atoms with van der Waals surface area (Å²) in [5.74, 6) is 0.811. The monoisotopic (exact) mass is 458 g/mol. The second-order valence-electron chi connectivity index (χ2n) is 6.87. The lowest BCUT2D eigenvalue weighted by atomic mass is 10.2. The van der Waals surface area contributed by atoms with E-state index in [1.165, 1.54) is 0 Å². The fraction of sp³-hybridized carbons (Fsp3) is 0.208. The van der Waals surface area contributed by atoms with Crippen LogP contribution in [-0.2, 0) is 11.3 Å². The second kappa shape index (κ2) is 10.9. The normalized spacial score (nSPS) is 10.5. The standard InChI is InChI=1S/C24H24Cl2N2O3/c1-3-30-23-11-17(14-27-20-6-4-5-18(25)12-20)8-10-22(23)31-15-24(29)28-21-13-19(26)9-7-16(21)2/h4-13,27H,3,14-15H2,1-2H3,(H,28,29). The minimum absolute atomic E-state index is 0.147. The van der Waals surface area contributed by atoms with Crippen molar-refractivity contribution in [3.05, 3.63) is 81.8 Å². The summed E-state index contributed by atoms with van der Waals surface area (Å²) in [7, 11) is 0. The van der Waals surface area contributed by atoms with Gasteiger partial charge in [0.2, 0.25) is 0 Å². The number of nitrogens with one attached hydrogen (secondary N) is 2. The molecule has 0 atom stereocenters. The Kier molecular flexibility index (Phi) is 8.04. The second-order valence-corrected chi connectivity index (χ2v) is 7.75. The third-order valence-electron chi connectivity index (χ3n) is 4.46. The van der Waals surface area contributed by atoms with Gasteiger partial charge in [-0.1, -0.05) is 41.4 Å². The third kappa shape index (κ3) is 6.81. The predicted octanol–water partition coefficient (Wildman–Crippen LogP) is 6.33. The van der Waals surface area contributed by atoms with E-state index in [4.69, 9.17) is 32.7 Å². The molecule has 7 heteroatoms. The average molecular weight is 459 g/mol. The van der Waals surface area contributed by atoms with Gasteiger partial charge in [0.05, 0.1) is 6.61 Å². The average Bonchev–Trinajstić information content (AvgIpc) is 2.74. The number of hydrogen-bond acceptors (Lipinski definition) is 4. The van der Waals surface area contributed by atoms with Crippen molar-refractivity contribution in [1.29, 1.82) is 0 Å². The molecule has 3 aromatic carbocycles. The lowest BCUT2D eigenvalue weighted by Crippen LogP contribution is -2.21. The number of rotatable bonds is 9. The smallest absolute Gasteiger partial charge is 0.262 e. The highest BCUT2D eigenvalue weighted by molar-refractivity contribution is 6.31. The van der Waals surface area contributed by atoms with E-state index in [0.717, 1.165) is 16.8 Å². The first-order chi connectivity index (χ1) is 14.9. The van der Waals surface area contributed by atoms with Gasteiger partial charge >= 0.3 is 0 Å². The zero-order valence-corrected chi connectivity index (χ0v) is 18.9. The van der Waals surface area contributed by atoms with E-state index < -0.39 is 0 Å². The molecule has 2 N–H and O–H groups in total. The molecule has 0 aliphatic heterocycles. The number of anilines is 2. The summed E-state index contributed by atoms with van der Waals surface area (Å²) < 4.78 is 11.4. The predicted molar refractivity (Wildman–Crippen MR) is 127 cm³/mol. The number of hydrogen-bond donors (Lipinski definition) is 2. The number of halogens is 2. The van der Waals surface area contributed by atoms with Crippen molar-refractivity contribution in [2.75, 3.05) is 23.8 Å². The highest BCUT2D eigenvalue weighted by Gasteiger charge is 2.11. The van der Waals surface area contributed by atoms with Crippen LogP contribution >= 0.6 is 23.2 Å². The number of ether oxygens (including phenoxy) is 2. The Morgan fingerprint density at radius 3 is 2.52 bits per heavy atom. The summed E-state index contributed by atoms with van der Waals surface area (Å²) in [5.41, 5.74) is 3.52. The van der Waals surface area contributed by atoms with Gasteiger partial charge in [0.1, 0.15) is 0 Å². The summed E-state index contributed by atoms with van der Waals surface area (Å²) in [6.45, 7) is 4.72. The van der Waals surface area contributed by atoms with E-state index in [0.29, 0.717) is 40.4 Å². The van der Waals surface area contributed by atoms with Gasteiger partial charge in [-0.3, -0.25) is 4.79 Å². The van der Waals surface area contributed by atoms with Crippen molar-refractivity contribution < 1.29 is 14.3 Å². The van der Waals surface area contributed by atoms with Gasteiger partial charge in [-0.2, -0.15) is 0 Å². The highest BCUT2D eigenvalue weighted by atomic mass is 35.5. The largest absolute Gasteiger partial charge is 0.490 e. The van der Waals surface area contributed by atoms with Gasteiger partial charge in [0, 0.05) is 28.0 Å². The number of benzene rings is 3. The van der Waals surface area contributed by atoms with Crippen LogP contribution in [0.1, 0.15) is 18.1 Å². The maximum Gasteiger partial charge on any atom is 0.262 e. The van der Waals surface area contributed by atoms with Crippen molar-refractivity contribution in [2.24, 2.45) is 0 Å². The van der Waals surface area contributed by atoms with Crippen LogP contribution in [0.5, 0.6) is 11.5 Å². The molecule has 162 valence electrons. The molecule has 0 bridgehead atoms. The maximum atomic E-state index is 12.3. The first-order valence-corrected chi connectivity index (χ1v) is 10.6. The third-order valence-corrected chi connectivity index (χ3v) is 4.93. The molecule has 31 heavy (non-hydrogen) atoms. The van der Waals surface area contributed by atoms with Crippen LogP contribution in [0.15, 0.2) is 60.7 Å². The van der Waals surface area contributed by atoms with Crippen molar-refractivity contribution in [3.63, 3.8) is 0 Å². The molecule has 5 nitrogen and oxygen atoms in total. The number of aryl methyl sites for hydroxylation is 1. The Hall–Kier alpha value is -2.89. The topological polar surface area (TPSA) is 59.6 Å². The number of carbonyl (C=O) groups is 1. The summed E-state index contributed by atoms with van der Waals surface area (Å²) >= 11 is 12.0. The molecular formula is C24H24Cl2N2O3. The van der Waals surface area contributed by atoms with Crippen LogP contribution in [0.3, 0.4) is 0 Å². The Morgan fingerprint density at radius 2 is 1.74 bits per heavy atom. The first-order valence-electron chi connectivity index (χ1n) is 9.88. The maximum absolute atomic E-state index is 12.3. The number of carbonyl (C=O) groups excluding carboxylic acids is 1. The molecule has 0 heterocycles. The zero-order valence-electron chi connectivity index (χ0n) is 17.4. The lowest BCUT2D eigenvalue weighted by Gasteiger charge is -2.15. The summed E-state index contributed by atoms with van der Waals surface area (Å²) in [6, 6.07) is 18.5. The van der Waals surface area contributed by atoms with E-state index in [9.17, 15) is 4.79 Å². The highest BCUT2D eigenvalue weighted by Crippen LogP contribution is 2.29. The molecule has 3 rings (SSSR count). The van der Waals surface area contributed by atoms with Crippen LogP contribution < -0.4 is 20.1 Å². The molecule has 0 aromatic heterocycles. The molecule has 1 amide bonds. The molecule has 3 aromatic rings. The Labute approximate surface area is 192 Å².